The molecule has 0 atom stereocenters. The number of nitrogens with zero attached hydrogens (tertiary/aromatic N) is 2. The van der Waals surface area contributed by atoms with Gasteiger partial charge < -0.3 is 9.52 Å². The van der Waals surface area contributed by atoms with E-state index in [2.05, 4.69) is 48.3 Å². The highest BCUT2D eigenvalue weighted by Gasteiger charge is 2.06. The van der Waals surface area contributed by atoms with Crippen LogP contribution in [0.5, 0.6) is 0 Å². The van der Waals surface area contributed by atoms with E-state index in [9.17, 15) is 0 Å². The van der Waals surface area contributed by atoms with Crippen molar-refractivity contribution in [3.05, 3.63) is 47.2 Å². The summed E-state index contributed by atoms with van der Waals surface area (Å²) >= 11 is 0. The van der Waals surface area contributed by atoms with Crippen molar-refractivity contribution in [1.29, 1.82) is 0 Å². The van der Waals surface area contributed by atoms with Crippen LogP contribution in [0.2, 0.25) is 0 Å². The summed E-state index contributed by atoms with van der Waals surface area (Å²) in [6, 6.07) is 8.65. The van der Waals surface area contributed by atoms with E-state index >= 15 is 0 Å². The van der Waals surface area contributed by atoms with E-state index in [-0.39, 0.29) is 6.61 Å². The van der Waals surface area contributed by atoms with Crippen LogP contribution >= 0.6 is 0 Å². The number of hydrogen-bond acceptors (Lipinski definition) is 4. The Morgan fingerprint density at radius 3 is 2.21 bits per heavy atom. The average molecular weight is 260 g/mol. The molecule has 0 fully saturated rings. The van der Waals surface area contributed by atoms with Crippen molar-refractivity contribution in [1.82, 2.24) is 10.2 Å². The van der Waals surface area contributed by atoms with Crippen LogP contribution in [-0.4, -0.2) is 21.9 Å². The molecule has 1 heterocycles. The highest BCUT2D eigenvalue weighted by molar-refractivity contribution is 5.24. The minimum atomic E-state index is 0.0400. The molecule has 0 radical (unpaired) electrons. The van der Waals surface area contributed by atoms with Gasteiger partial charge in [-0.1, -0.05) is 38.1 Å². The molecule has 0 unspecified atom stereocenters. The molecule has 0 amide bonds. The topological polar surface area (TPSA) is 59.2 Å². The Kier molecular flexibility index (Phi) is 4.68. The maximum absolute atomic E-state index is 8.78. The Morgan fingerprint density at radius 2 is 1.63 bits per heavy atom. The number of aryl methyl sites for hydroxylation is 2. The van der Waals surface area contributed by atoms with Crippen molar-refractivity contribution in [2.24, 2.45) is 0 Å². The van der Waals surface area contributed by atoms with Crippen molar-refractivity contribution in [3.63, 3.8) is 0 Å². The molecule has 1 aromatic carbocycles. The Morgan fingerprint density at radius 1 is 1.00 bits per heavy atom. The predicted molar refractivity (Wildman–Crippen MR) is 73.0 cm³/mol. The third-order valence-electron chi connectivity index (χ3n) is 3.11. The molecular formula is C15H20N2O2. The Labute approximate surface area is 113 Å². The van der Waals surface area contributed by atoms with E-state index < -0.39 is 0 Å². The van der Waals surface area contributed by atoms with Crippen molar-refractivity contribution in [3.8, 4) is 0 Å². The summed E-state index contributed by atoms with van der Waals surface area (Å²) in [6.07, 6.45) is 2.05. The summed E-state index contributed by atoms with van der Waals surface area (Å²) in [5.74, 6) is 1.70. The monoisotopic (exact) mass is 260 g/mol. The van der Waals surface area contributed by atoms with Gasteiger partial charge >= 0.3 is 0 Å². The Balaban J connectivity index is 1.90. The van der Waals surface area contributed by atoms with Crippen molar-refractivity contribution in [2.45, 2.75) is 39.0 Å². The fourth-order valence-corrected chi connectivity index (χ4v) is 1.91. The minimum absolute atomic E-state index is 0.0400. The molecular weight excluding hydrogens is 240 g/mol. The van der Waals surface area contributed by atoms with Crippen LogP contribution in [0.1, 0.15) is 42.7 Å². The largest absolute Gasteiger partial charge is 0.425 e. The van der Waals surface area contributed by atoms with E-state index in [0.717, 1.165) is 12.8 Å². The zero-order chi connectivity index (χ0) is 13.7. The highest BCUT2D eigenvalue weighted by Crippen LogP contribution is 2.15. The number of aromatic nitrogens is 2. The smallest absolute Gasteiger partial charge is 0.218 e. The molecule has 4 nitrogen and oxygen atoms in total. The molecule has 1 aromatic heterocycles. The zero-order valence-corrected chi connectivity index (χ0v) is 11.5. The van der Waals surface area contributed by atoms with Gasteiger partial charge in [-0.2, -0.15) is 0 Å². The molecule has 102 valence electrons. The molecule has 1 N–H and O–H groups in total. The quantitative estimate of drug-likeness (QED) is 0.867. The zero-order valence-electron chi connectivity index (χ0n) is 11.5. The fourth-order valence-electron chi connectivity index (χ4n) is 1.91. The van der Waals surface area contributed by atoms with Gasteiger partial charge in [-0.25, -0.2) is 0 Å². The van der Waals surface area contributed by atoms with Crippen molar-refractivity contribution < 1.29 is 9.52 Å². The van der Waals surface area contributed by atoms with E-state index in [0.29, 0.717) is 24.1 Å². The molecule has 0 aliphatic carbocycles. The van der Waals surface area contributed by atoms with Crippen molar-refractivity contribution >= 4 is 0 Å². The van der Waals surface area contributed by atoms with E-state index in [1.165, 1.54) is 11.1 Å². The number of aliphatic hydroxyl groups is 1. The lowest BCUT2D eigenvalue weighted by Gasteiger charge is -2.06. The normalized spacial score (nSPS) is 11.2. The highest BCUT2D eigenvalue weighted by atomic mass is 16.4. The maximum Gasteiger partial charge on any atom is 0.218 e. The third kappa shape index (κ3) is 3.89. The van der Waals surface area contributed by atoms with Crippen molar-refractivity contribution in [2.75, 3.05) is 6.61 Å². The summed E-state index contributed by atoms with van der Waals surface area (Å²) < 4.78 is 5.43. The van der Waals surface area contributed by atoms with E-state index in [4.69, 9.17) is 9.52 Å². The summed E-state index contributed by atoms with van der Waals surface area (Å²) in [7, 11) is 0. The molecule has 0 saturated carbocycles. The van der Waals surface area contributed by atoms with Crippen LogP contribution in [-0.2, 0) is 19.3 Å². The van der Waals surface area contributed by atoms with Gasteiger partial charge in [-0.15, -0.1) is 10.2 Å². The SMILES string of the molecule is CC(C)c1ccc(CCc2nnc(CCO)o2)cc1. The lowest BCUT2D eigenvalue weighted by atomic mass is 10.0. The molecule has 0 saturated heterocycles. The van der Waals surface area contributed by atoms with Crippen LogP contribution in [0.25, 0.3) is 0 Å². The standard InChI is InChI=1S/C15H20N2O2/c1-11(2)13-6-3-12(4-7-13)5-8-14-16-17-15(19-14)9-10-18/h3-4,6-7,11,18H,5,8-10H2,1-2H3. The van der Waals surface area contributed by atoms with Gasteiger partial charge in [0, 0.05) is 12.8 Å². The summed E-state index contributed by atoms with van der Waals surface area (Å²) in [5.41, 5.74) is 2.62. The van der Waals surface area contributed by atoms with Gasteiger partial charge in [-0.3, -0.25) is 0 Å². The molecule has 0 aliphatic rings. The molecule has 4 heteroatoms. The first-order valence-corrected chi connectivity index (χ1v) is 6.70. The maximum atomic E-state index is 8.78. The van der Waals surface area contributed by atoms with Crippen LogP contribution in [0, 0.1) is 0 Å². The minimum Gasteiger partial charge on any atom is -0.425 e. The first-order chi connectivity index (χ1) is 9.19. The van der Waals surface area contributed by atoms with Gasteiger partial charge in [0.05, 0.1) is 6.61 Å². The molecule has 0 aliphatic heterocycles. The van der Waals surface area contributed by atoms with Crippen LogP contribution in [0.15, 0.2) is 28.7 Å². The van der Waals surface area contributed by atoms with E-state index in [1.807, 2.05) is 0 Å². The second kappa shape index (κ2) is 6.48. The first kappa shape index (κ1) is 13.7. The second-order valence-electron chi connectivity index (χ2n) is 4.96. The Bertz CT molecular complexity index is 503. The number of hydrogen-bond donors (Lipinski definition) is 1. The van der Waals surface area contributed by atoms with Crippen LogP contribution in [0.3, 0.4) is 0 Å². The third-order valence-corrected chi connectivity index (χ3v) is 3.11. The van der Waals surface area contributed by atoms with Gasteiger partial charge in [-0.05, 0) is 23.5 Å². The molecule has 0 spiro atoms. The summed E-state index contributed by atoms with van der Waals surface area (Å²) in [4.78, 5) is 0. The van der Waals surface area contributed by atoms with Gasteiger partial charge in [0.1, 0.15) is 0 Å². The second-order valence-corrected chi connectivity index (χ2v) is 4.96. The van der Waals surface area contributed by atoms with Gasteiger partial charge in [0.2, 0.25) is 11.8 Å². The predicted octanol–water partition coefficient (Wildman–Crippen LogP) is 2.51. The average Bonchev–Trinajstić information content (AvgIpc) is 2.85. The molecule has 2 aromatic rings. The number of rotatable bonds is 6. The van der Waals surface area contributed by atoms with Crippen LogP contribution in [0.4, 0.5) is 0 Å². The van der Waals surface area contributed by atoms with Crippen LogP contribution < -0.4 is 0 Å². The number of aliphatic hydroxyl groups excluding tert-OH is 1. The van der Waals surface area contributed by atoms with Gasteiger partial charge in [0.15, 0.2) is 0 Å². The summed E-state index contributed by atoms with van der Waals surface area (Å²) in [5, 5.41) is 16.6. The van der Waals surface area contributed by atoms with E-state index in [1.54, 1.807) is 0 Å². The fraction of sp³-hybridized carbons (Fsp3) is 0.467. The molecule has 19 heavy (non-hydrogen) atoms. The number of benzene rings is 1. The lowest BCUT2D eigenvalue weighted by molar-refractivity contribution is 0.283. The summed E-state index contributed by atoms with van der Waals surface area (Å²) in [6.45, 7) is 4.42. The van der Waals surface area contributed by atoms with Gasteiger partial charge in [0.25, 0.3) is 0 Å². The Hall–Kier alpha value is -1.68. The molecule has 0 bridgehead atoms. The molecule has 2 rings (SSSR count). The lowest BCUT2D eigenvalue weighted by Crippen LogP contribution is -1.93. The first-order valence-electron chi connectivity index (χ1n) is 6.70.